The van der Waals surface area contributed by atoms with Gasteiger partial charge in [-0.3, -0.25) is 0 Å². The summed E-state index contributed by atoms with van der Waals surface area (Å²) in [4.78, 5) is 0. The predicted octanol–water partition coefficient (Wildman–Crippen LogP) is 4.25. The number of nitrogens with one attached hydrogen (secondary N) is 1. The van der Waals surface area contributed by atoms with E-state index in [2.05, 4.69) is 17.0 Å². The van der Waals surface area contributed by atoms with Gasteiger partial charge in [0.1, 0.15) is 5.75 Å². The number of hydrogen-bond acceptors (Lipinski definition) is 3. The van der Waals surface area contributed by atoms with Gasteiger partial charge in [-0.25, -0.2) is 0 Å². The van der Waals surface area contributed by atoms with Gasteiger partial charge in [0.15, 0.2) is 0 Å². The Morgan fingerprint density at radius 2 is 2.28 bits per heavy atom. The minimum Gasteiger partial charge on any atom is -0.433 e. The average Bonchev–Trinajstić information content (AvgIpc) is 2.68. The number of rotatable bonds is 4. The quantitative estimate of drug-likeness (QED) is 0.897. The Bertz CT molecular complexity index is 419. The smallest absolute Gasteiger partial charge is 0.387 e. The van der Waals surface area contributed by atoms with E-state index in [1.165, 1.54) is 6.07 Å². The van der Waals surface area contributed by atoms with E-state index in [0.29, 0.717) is 11.3 Å². The highest BCUT2D eigenvalue weighted by Crippen LogP contribution is 2.32. The summed E-state index contributed by atoms with van der Waals surface area (Å²) in [5.74, 6) is 1.14. The van der Waals surface area contributed by atoms with Crippen LogP contribution in [0.4, 0.5) is 14.5 Å². The Labute approximate surface area is 114 Å². The lowest BCUT2D eigenvalue weighted by Gasteiger charge is -2.18. The first kappa shape index (κ1) is 13.7. The highest BCUT2D eigenvalue weighted by atomic mass is 35.5. The molecule has 1 aromatic rings. The fourth-order valence-corrected chi connectivity index (χ4v) is 3.34. The predicted molar refractivity (Wildman–Crippen MR) is 72.0 cm³/mol. The Morgan fingerprint density at radius 1 is 1.50 bits per heavy atom. The molecule has 0 spiro atoms. The number of ether oxygens (including phenoxy) is 1. The summed E-state index contributed by atoms with van der Waals surface area (Å²) in [6.07, 6.45) is 1.10. The van der Waals surface area contributed by atoms with E-state index in [1.807, 2.05) is 11.8 Å². The Kier molecular flexibility index (Phi) is 4.56. The molecule has 1 aliphatic rings. The first-order valence-corrected chi connectivity index (χ1v) is 7.11. The molecule has 2 nitrogen and oxygen atoms in total. The zero-order chi connectivity index (χ0) is 13.1. The van der Waals surface area contributed by atoms with Crippen LogP contribution >= 0.6 is 23.4 Å². The van der Waals surface area contributed by atoms with Crippen LogP contribution in [0.2, 0.25) is 5.02 Å². The molecular weight excluding hydrogens is 280 g/mol. The lowest BCUT2D eigenvalue weighted by Crippen LogP contribution is -2.24. The maximum absolute atomic E-state index is 12.1. The molecule has 2 atom stereocenters. The van der Waals surface area contributed by atoms with E-state index in [1.54, 1.807) is 12.1 Å². The van der Waals surface area contributed by atoms with Crippen LogP contribution in [-0.4, -0.2) is 23.7 Å². The van der Waals surface area contributed by atoms with Crippen molar-refractivity contribution in [2.45, 2.75) is 31.2 Å². The van der Waals surface area contributed by atoms with E-state index < -0.39 is 6.61 Å². The summed E-state index contributed by atoms with van der Waals surface area (Å²) in [6.45, 7) is -0.682. The summed E-state index contributed by atoms with van der Waals surface area (Å²) in [5, 5.41) is 4.10. The molecule has 0 saturated carbocycles. The second-order valence-corrected chi connectivity index (χ2v) is 6.03. The maximum Gasteiger partial charge on any atom is 0.387 e. The van der Waals surface area contributed by atoms with E-state index in [4.69, 9.17) is 11.6 Å². The molecule has 2 unspecified atom stereocenters. The highest BCUT2D eigenvalue weighted by molar-refractivity contribution is 8.00. The van der Waals surface area contributed by atoms with Gasteiger partial charge in [0, 0.05) is 17.0 Å². The third-order valence-electron chi connectivity index (χ3n) is 2.88. The van der Waals surface area contributed by atoms with Gasteiger partial charge in [0.2, 0.25) is 0 Å². The van der Waals surface area contributed by atoms with Crippen molar-refractivity contribution in [3.05, 3.63) is 23.2 Å². The molecule has 6 heteroatoms. The molecular formula is C12H14ClF2NOS. The largest absolute Gasteiger partial charge is 0.433 e. The number of alkyl halides is 2. The number of thioether (sulfide) groups is 1. The molecule has 1 aliphatic heterocycles. The second kappa shape index (κ2) is 5.97. The number of halogens is 3. The second-order valence-electron chi connectivity index (χ2n) is 4.14. The van der Waals surface area contributed by atoms with Gasteiger partial charge in [0.05, 0.1) is 5.02 Å². The lowest BCUT2D eigenvalue weighted by atomic mass is 10.1. The van der Waals surface area contributed by atoms with Crippen LogP contribution in [-0.2, 0) is 0 Å². The Morgan fingerprint density at radius 3 is 2.83 bits per heavy atom. The van der Waals surface area contributed by atoms with E-state index in [9.17, 15) is 8.78 Å². The van der Waals surface area contributed by atoms with Crippen molar-refractivity contribution < 1.29 is 13.5 Å². The van der Waals surface area contributed by atoms with Crippen molar-refractivity contribution in [1.82, 2.24) is 0 Å². The zero-order valence-electron chi connectivity index (χ0n) is 9.83. The molecule has 2 rings (SSSR count). The van der Waals surface area contributed by atoms with Gasteiger partial charge in [0.25, 0.3) is 0 Å². The van der Waals surface area contributed by atoms with Crippen LogP contribution in [0.1, 0.15) is 13.3 Å². The minimum absolute atomic E-state index is 0.00561. The number of benzene rings is 1. The molecule has 0 aromatic heterocycles. The molecule has 1 saturated heterocycles. The van der Waals surface area contributed by atoms with Crippen molar-refractivity contribution in [2.24, 2.45) is 0 Å². The van der Waals surface area contributed by atoms with Crippen LogP contribution in [0.15, 0.2) is 18.2 Å². The number of anilines is 1. The van der Waals surface area contributed by atoms with E-state index in [0.717, 1.165) is 17.9 Å². The Balaban J connectivity index is 2.04. The molecule has 100 valence electrons. The highest BCUT2D eigenvalue weighted by Gasteiger charge is 2.23. The summed E-state index contributed by atoms with van der Waals surface area (Å²) in [7, 11) is 0. The normalized spacial score (nSPS) is 23.4. The fraction of sp³-hybridized carbons (Fsp3) is 0.500. The van der Waals surface area contributed by atoms with Crippen molar-refractivity contribution in [1.29, 1.82) is 0 Å². The molecule has 0 amide bonds. The van der Waals surface area contributed by atoms with Gasteiger partial charge in [-0.15, -0.1) is 0 Å². The van der Waals surface area contributed by atoms with Crippen molar-refractivity contribution in [3.63, 3.8) is 0 Å². The summed E-state index contributed by atoms with van der Waals surface area (Å²) in [5.41, 5.74) is 0.834. The van der Waals surface area contributed by atoms with Gasteiger partial charge < -0.3 is 10.1 Å². The molecule has 1 N–H and O–H groups in total. The Hall–Kier alpha value is -0.680. The van der Waals surface area contributed by atoms with E-state index in [-0.39, 0.29) is 10.8 Å². The third-order valence-corrected chi connectivity index (χ3v) is 4.50. The van der Waals surface area contributed by atoms with Crippen molar-refractivity contribution >= 4 is 29.1 Å². The molecule has 18 heavy (non-hydrogen) atoms. The molecule has 0 bridgehead atoms. The first-order valence-electron chi connectivity index (χ1n) is 5.69. The molecule has 0 radical (unpaired) electrons. The van der Waals surface area contributed by atoms with Crippen LogP contribution in [0.3, 0.4) is 0 Å². The topological polar surface area (TPSA) is 21.3 Å². The monoisotopic (exact) mass is 293 g/mol. The van der Waals surface area contributed by atoms with Crippen molar-refractivity contribution in [3.8, 4) is 5.75 Å². The minimum atomic E-state index is -2.85. The van der Waals surface area contributed by atoms with Crippen LogP contribution < -0.4 is 10.1 Å². The molecule has 1 heterocycles. The van der Waals surface area contributed by atoms with Gasteiger partial charge in [-0.2, -0.15) is 20.5 Å². The van der Waals surface area contributed by atoms with Crippen LogP contribution in [0, 0.1) is 0 Å². The van der Waals surface area contributed by atoms with Crippen molar-refractivity contribution in [2.75, 3.05) is 11.1 Å². The molecule has 0 aliphatic carbocycles. The summed E-state index contributed by atoms with van der Waals surface area (Å²) >= 11 is 7.81. The van der Waals surface area contributed by atoms with Gasteiger partial charge >= 0.3 is 6.61 Å². The summed E-state index contributed by atoms with van der Waals surface area (Å²) in [6, 6.07) is 5.19. The molecule has 1 aromatic carbocycles. The maximum atomic E-state index is 12.1. The SMILES string of the molecule is CC1SCCC1Nc1ccc(OC(F)F)c(Cl)c1. The third kappa shape index (κ3) is 3.42. The first-order chi connectivity index (χ1) is 8.56. The van der Waals surface area contributed by atoms with Crippen LogP contribution in [0.5, 0.6) is 5.75 Å². The number of hydrogen-bond donors (Lipinski definition) is 1. The molecule has 1 fully saturated rings. The standard InChI is InChI=1S/C12H14ClF2NOS/c1-7-10(4-5-18-7)16-8-2-3-11(9(13)6-8)17-12(14)15/h2-3,6-7,10,12,16H,4-5H2,1H3. The van der Waals surface area contributed by atoms with Gasteiger partial charge in [-0.1, -0.05) is 18.5 Å². The van der Waals surface area contributed by atoms with E-state index >= 15 is 0 Å². The van der Waals surface area contributed by atoms with Crippen LogP contribution in [0.25, 0.3) is 0 Å². The van der Waals surface area contributed by atoms with Gasteiger partial charge in [-0.05, 0) is 30.4 Å². The summed E-state index contributed by atoms with van der Waals surface area (Å²) < 4.78 is 28.5. The lowest BCUT2D eigenvalue weighted by molar-refractivity contribution is -0.0497. The average molecular weight is 294 g/mol. The fourth-order valence-electron chi connectivity index (χ4n) is 1.92. The zero-order valence-corrected chi connectivity index (χ0v) is 11.4.